The van der Waals surface area contributed by atoms with E-state index in [1.807, 2.05) is 13.2 Å². The summed E-state index contributed by atoms with van der Waals surface area (Å²) in [7, 11) is 0. The van der Waals surface area contributed by atoms with Crippen molar-refractivity contribution in [1.29, 1.82) is 0 Å². The average molecular weight is 188 g/mol. The van der Waals surface area contributed by atoms with Crippen molar-refractivity contribution in [3.63, 3.8) is 0 Å². The number of ketones is 1. The maximum atomic E-state index is 11.4. The first-order chi connectivity index (χ1) is 5.74. The maximum absolute atomic E-state index is 11.4. The summed E-state index contributed by atoms with van der Waals surface area (Å²) in [4.78, 5) is 11.4. The van der Waals surface area contributed by atoms with Gasteiger partial charge in [0.05, 0.1) is 6.10 Å². The van der Waals surface area contributed by atoms with Gasteiger partial charge in [-0.15, -0.1) is 0 Å². The first-order valence-electron chi connectivity index (χ1n) is 4.41. The highest BCUT2D eigenvalue weighted by atomic mass is 32.2. The van der Waals surface area contributed by atoms with Crippen molar-refractivity contribution in [2.75, 3.05) is 12.0 Å². The Bertz CT molecular complexity index is 159. The average Bonchev–Trinajstić information content (AvgIpc) is 2.47. The number of hydrogen-bond acceptors (Lipinski definition) is 3. The molecule has 0 aromatic heterocycles. The fourth-order valence-corrected chi connectivity index (χ4v) is 1.81. The minimum Gasteiger partial charge on any atom is -0.368 e. The van der Waals surface area contributed by atoms with Crippen LogP contribution in [0.4, 0.5) is 0 Å². The predicted molar refractivity (Wildman–Crippen MR) is 51.6 cm³/mol. The van der Waals surface area contributed by atoms with Crippen LogP contribution in [0.5, 0.6) is 0 Å². The molecule has 2 atom stereocenters. The van der Waals surface area contributed by atoms with Gasteiger partial charge < -0.3 is 4.74 Å². The van der Waals surface area contributed by atoms with E-state index in [0.717, 1.165) is 18.6 Å². The van der Waals surface area contributed by atoms with Crippen LogP contribution < -0.4 is 0 Å². The minimum absolute atomic E-state index is 0.0906. The van der Waals surface area contributed by atoms with Gasteiger partial charge in [0, 0.05) is 6.42 Å². The smallest absolute Gasteiger partial charge is 0.162 e. The molecule has 0 aromatic carbocycles. The zero-order chi connectivity index (χ0) is 8.97. The van der Waals surface area contributed by atoms with Crippen LogP contribution in [0.2, 0.25) is 0 Å². The van der Waals surface area contributed by atoms with Gasteiger partial charge in [-0.25, -0.2) is 0 Å². The van der Waals surface area contributed by atoms with Crippen molar-refractivity contribution in [2.45, 2.75) is 38.4 Å². The van der Waals surface area contributed by atoms with Gasteiger partial charge in [0.2, 0.25) is 0 Å². The molecule has 1 aliphatic rings. The van der Waals surface area contributed by atoms with Crippen LogP contribution in [0, 0.1) is 0 Å². The maximum Gasteiger partial charge on any atom is 0.162 e. The van der Waals surface area contributed by atoms with Crippen LogP contribution in [0.15, 0.2) is 0 Å². The molecule has 0 spiro atoms. The van der Waals surface area contributed by atoms with E-state index in [-0.39, 0.29) is 18.0 Å². The Morgan fingerprint density at radius 3 is 2.83 bits per heavy atom. The molecule has 0 saturated carbocycles. The Hall–Kier alpha value is -0.0200. The molecule has 1 fully saturated rings. The van der Waals surface area contributed by atoms with Crippen LogP contribution in [-0.2, 0) is 9.53 Å². The molecule has 0 radical (unpaired) electrons. The van der Waals surface area contributed by atoms with E-state index in [1.54, 1.807) is 11.8 Å². The second-order valence-corrected chi connectivity index (χ2v) is 4.21. The summed E-state index contributed by atoms with van der Waals surface area (Å²) in [5.41, 5.74) is 0. The fraction of sp³-hybridized carbons (Fsp3) is 0.889. The number of thioether (sulfide) groups is 1. The van der Waals surface area contributed by atoms with Crippen molar-refractivity contribution in [1.82, 2.24) is 0 Å². The van der Waals surface area contributed by atoms with E-state index in [9.17, 15) is 4.79 Å². The van der Waals surface area contributed by atoms with Gasteiger partial charge in [-0.05, 0) is 31.8 Å². The molecule has 2 unspecified atom stereocenters. The first kappa shape index (κ1) is 10.1. The second kappa shape index (κ2) is 4.87. The minimum atomic E-state index is -0.0906. The van der Waals surface area contributed by atoms with Gasteiger partial charge in [0.1, 0.15) is 6.10 Å². The molecule has 12 heavy (non-hydrogen) atoms. The topological polar surface area (TPSA) is 26.3 Å². The van der Waals surface area contributed by atoms with Crippen molar-refractivity contribution in [3.8, 4) is 0 Å². The second-order valence-electron chi connectivity index (χ2n) is 3.22. The fourth-order valence-electron chi connectivity index (χ4n) is 1.40. The molecule has 0 aliphatic carbocycles. The standard InChI is InChI=1S/C9H16O2S/c1-7-3-4-9(11-7)8(10)5-6-12-2/h7,9H,3-6H2,1-2H3. The first-order valence-corrected chi connectivity index (χ1v) is 5.80. The highest BCUT2D eigenvalue weighted by Gasteiger charge is 2.27. The molecular weight excluding hydrogens is 172 g/mol. The van der Waals surface area contributed by atoms with Crippen molar-refractivity contribution < 1.29 is 9.53 Å². The van der Waals surface area contributed by atoms with Gasteiger partial charge in [-0.3, -0.25) is 4.79 Å². The molecule has 70 valence electrons. The third kappa shape index (κ3) is 2.79. The SMILES string of the molecule is CSCCC(=O)C1CCC(C)O1. The molecule has 0 aromatic rings. The van der Waals surface area contributed by atoms with Gasteiger partial charge in [-0.1, -0.05) is 0 Å². The summed E-state index contributed by atoms with van der Waals surface area (Å²) in [6.07, 6.45) is 4.84. The Labute approximate surface area is 78.1 Å². The van der Waals surface area contributed by atoms with Gasteiger partial charge >= 0.3 is 0 Å². The molecular formula is C9H16O2S. The summed E-state index contributed by atoms with van der Waals surface area (Å²) in [6.45, 7) is 2.03. The van der Waals surface area contributed by atoms with Gasteiger partial charge in [-0.2, -0.15) is 11.8 Å². The molecule has 1 saturated heterocycles. The van der Waals surface area contributed by atoms with E-state index >= 15 is 0 Å². The molecule has 0 N–H and O–H groups in total. The lowest BCUT2D eigenvalue weighted by Crippen LogP contribution is -2.20. The molecule has 0 amide bonds. The van der Waals surface area contributed by atoms with E-state index in [2.05, 4.69) is 0 Å². The number of carbonyl (C=O) groups is 1. The van der Waals surface area contributed by atoms with Crippen molar-refractivity contribution >= 4 is 17.5 Å². The molecule has 1 rings (SSSR count). The number of hydrogen-bond donors (Lipinski definition) is 0. The Morgan fingerprint density at radius 1 is 1.58 bits per heavy atom. The lowest BCUT2D eigenvalue weighted by molar-refractivity contribution is -0.129. The van der Waals surface area contributed by atoms with E-state index in [0.29, 0.717) is 6.42 Å². The van der Waals surface area contributed by atoms with Crippen LogP contribution >= 0.6 is 11.8 Å². The summed E-state index contributed by atoms with van der Waals surface area (Å²) >= 11 is 1.71. The van der Waals surface area contributed by atoms with Crippen LogP contribution in [0.1, 0.15) is 26.2 Å². The number of carbonyl (C=O) groups excluding carboxylic acids is 1. The van der Waals surface area contributed by atoms with Gasteiger partial charge in [0.15, 0.2) is 5.78 Å². The van der Waals surface area contributed by atoms with Crippen LogP contribution in [-0.4, -0.2) is 30.0 Å². The Kier molecular flexibility index (Phi) is 4.09. The number of ether oxygens (including phenoxy) is 1. The summed E-state index contributed by atoms with van der Waals surface area (Å²) < 4.78 is 5.46. The normalized spacial score (nSPS) is 29.2. The van der Waals surface area contributed by atoms with E-state index < -0.39 is 0 Å². The molecule has 0 bridgehead atoms. The monoisotopic (exact) mass is 188 g/mol. The zero-order valence-electron chi connectivity index (χ0n) is 7.71. The van der Waals surface area contributed by atoms with Crippen molar-refractivity contribution in [3.05, 3.63) is 0 Å². The third-order valence-electron chi connectivity index (χ3n) is 2.14. The summed E-state index contributed by atoms with van der Waals surface area (Å²) in [6, 6.07) is 0. The highest BCUT2D eigenvalue weighted by Crippen LogP contribution is 2.20. The molecule has 1 aliphatic heterocycles. The molecule has 1 heterocycles. The van der Waals surface area contributed by atoms with Crippen LogP contribution in [0.3, 0.4) is 0 Å². The number of rotatable bonds is 4. The quantitative estimate of drug-likeness (QED) is 0.674. The number of Topliss-reactive ketones (excluding diaryl/α,β-unsaturated/α-hetero) is 1. The predicted octanol–water partition coefficient (Wildman–Crippen LogP) is 1.88. The Morgan fingerprint density at radius 2 is 2.33 bits per heavy atom. The lowest BCUT2D eigenvalue weighted by atomic mass is 10.1. The summed E-state index contributed by atoms with van der Waals surface area (Å²) in [5.74, 6) is 1.21. The third-order valence-corrected chi connectivity index (χ3v) is 2.76. The summed E-state index contributed by atoms with van der Waals surface area (Å²) in [5, 5.41) is 0. The van der Waals surface area contributed by atoms with Crippen molar-refractivity contribution in [2.24, 2.45) is 0 Å². The van der Waals surface area contributed by atoms with Crippen LogP contribution in [0.25, 0.3) is 0 Å². The molecule has 3 heteroatoms. The van der Waals surface area contributed by atoms with E-state index in [1.165, 1.54) is 0 Å². The van der Waals surface area contributed by atoms with Gasteiger partial charge in [0.25, 0.3) is 0 Å². The van der Waals surface area contributed by atoms with E-state index in [4.69, 9.17) is 4.74 Å². The largest absolute Gasteiger partial charge is 0.368 e. The Balaban J connectivity index is 2.23. The zero-order valence-corrected chi connectivity index (χ0v) is 8.52. The molecule has 2 nitrogen and oxygen atoms in total. The highest BCUT2D eigenvalue weighted by molar-refractivity contribution is 7.98. The lowest BCUT2D eigenvalue weighted by Gasteiger charge is -2.08.